The standard InChI is InChI=1S/C34H40FN5O5Si/c1-5-46(6-2,7-3)19-18-34(22-42-20-25-14-10-8-11-15-25)29(43-21-26-16-12-9-13-17-26)28(44-24(4)41)32(45-34)40-23-37-27-30(36)38-33(35)39-31(27)40/h8-17,23,28-29,32H,5-7,20-22H2,1-4H3,(H2,36,38,39)/t28-,29+,32-,34-/m1/s1. The molecule has 2 aromatic heterocycles. The van der Waals surface area contributed by atoms with Crippen LogP contribution in [0.4, 0.5) is 10.2 Å². The summed E-state index contributed by atoms with van der Waals surface area (Å²) in [5.74, 6) is 2.84. The Bertz CT molecular complexity index is 1680. The van der Waals surface area contributed by atoms with E-state index in [1.54, 1.807) is 0 Å². The molecule has 0 saturated carbocycles. The van der Waals surface area contributed by atoms with E-state index in [0.29, 0.717) is 6.61 Å². The van der Waals surface area contributed by atoms with Gasteiger partial charge in [0.1, 0.15) is 14.2 Å². The molecule has 1 aliphatic heterocycles. The summed E-state index contributed by atoms with van der Waals surface area (Å²) in [5.41, 5.74) is 10.4. The third kappa shape index (κ3) is 7.13. The van der Waals surface area contributed by atoms with Gasteiger partial charge in [-0.15, -0.1) is 5.54 Å². The van der Waals surface area contributed by atoms with Gasteiger partial charge in [-0.2, -0.15) is 14.4 Å². The highest BCUT2D eigenvalue weighted by atomic mass is 28.3. The van der Waals surface area contributed by atoms with E-state index < -0.39 is 44.2 Å². The van der Waals surface area contributed by atoms with Gasteiger partial charge in [-0.3, -0.25) is 9.36 Å². The summed E-state index contributed by atoms with van der Waals surface area (Å²) in [5, 5.41) is 0. The second-order valence-electron chi connectivity index (χ2n) is 11.5. The number of hydrogen-bond acceptors (Lipinski definition) is 9. The Morgan fingerprint density at radius 3 is 2.26 bits per heavy atom. The van der Waals surface area contributed by atoms with Gasteiger partial charge in [-0.1, -0.05) is 87.4 Å². The van der Waals surface area contributed by atoms with Crippen molar-refractivity contribution in [2.75, 3.05) is 12.3 Å². The molecule has 1 fully saturated rings. The molecule has 1 aliphatic rings. The first-order valence-electron chi connectivity index (χ1n) is 15.5. The lowest BCUT2D eigenvalue weighted by molar-refractivity contribution is -0.158. The van der Waals surface area contributed by atoms with Gasteiger partial charge in [0.2, 0.25) is 0 Å². The van der Waals surface area contributed by atoms with Gasteiger partial charge < -0.3 is 24.7 Å². The fourth-order valence-corrected chi connectivity index (χ4v) is 8.29. The summed E-state index contributed by atoms with van der Waals surface area (Å²) >= 11 is 0. The molecule has 0 amide bonds. The second-order valence-corrected chi connectivity index (χ2v) is 16.4. The zero-order chi connectivity index (χ0) is 32.7. The molecule has 5 rings (SSSR count). The first-order valence-corrected chi connectivity index (χ1v) is 18.2. The topological polar surface area (TPSA) is 124 Å². The predicted molar refractivity (Wildman–Crippen MR) is 174 cm³/mol. The predicted octanol–water partition coefficient (Wildman–Crippen LogP) is 5.60. The summed E-state index contributed by atoms with van der Waals surface area (Å²) in [7, 11) is -2.02. The number of anilines is 1. The van der Waals surface area contributed by atoms with Gasteiger partial charge >= 0.3 is 12.0 Å². The maximum atomic E-state index is 14.5. The number of nitrogens with two attached hydrogens (primary N) is 1. The van der Waals surface area contributed by atoms with Gasteiger partial charge in [0.25, 0.3) is 0 Å². The van der Waals surface area contributed by atoms with E-state index in [4.69, 9.17) is 24.7 Å². The number of carbonyl (C=O) groups is 1. The average molecular weight is 646 g/mol. The van der Waals surface area contributed by atoms with E-state index in [0.717, 1.165) is 29.3 Å². The van der Waals surface area contributed by atoms with E-state index in [9.17, 15) is 9.18 Å². The van der Waals surface area contributed by atoms with E-state index in [2.05, 4.69) is 47.2 Å². The van der Waals surface area contributed by atoms with Gasteiger partial charge in [-0.05, 0) is 29.3 Å². The monoisotopic (exact) mass is 645 g/mol. The molecular weight excluding hydrogens is 605 g/mol. The number of aromatic nitrogens is 4. The number of ether oxygens (including phenoxy) is 4. The molecule has 4 atom stereocenters. The summed E-state index contributed by atoms with van der Waals surface area (Å²) in [6.07, 6.45) is -2.61. The van der Waals surface area contributed by atoms with Crippen LogP contribution in [0.15, 0.2) is 67.0 Å². The number of nitrogen functional groups attached to an aromatic ring is 1. The Morgan fingerprint density at radius 1 is 1.02 bits per heavy atom. The van der Waals surface area contributed by atoms with E-state index in [-0.39, 0.29) is 30.2 Å². The highest BCUT2D eigenvalue weighted by Gasteiger charge is 2.59. The van der Waals surface area contributed by atoms with Crippen LogP contribution in [0.25, 0.3) is 11.2 Å². The Hall–Kier alpha value is -4.15. The summed E-state index contributed by atoms with van der Waals surface area (Å²) in [4.78, 5) is 24.6. The maximum absolute atomic E-state index is 14.5. The quantitative estimate of drug-likeness (QED) is 0.0908. The normalized spacial score (nSPS) is 21.2. The smallest absolute Gasteiger partial charge is 0.312 e. The molecule has 0 unspecified atom stereocenters. The van der Waals surface area contributed by atoms with Crippen molar-refractivity contribution in [2.45, 2.75) is 83.1 Å². The molecule has 10 nitrogen and oxygen atoms in total. The SMILES string of the molecule is CC[Si](C#C[C@]1(COCc2ccccc2)O[C@@H](n2cnc3c(N)nc(F)nc32)[C@H](OC(C)=O)[C@@H]1OCc1ccccc1)(CC)CC. The Balaban J connectivity index is 1.65. The third-order valence-electron chi connectivity index (χ3n) is 8.64. The summed E-state index contributed by atoms with van der Waals surface area (Å²) in [6.45, 7) is 8.32. The Labute approximate surface area is 269 Å². The molecule has 0 bridgehead atoms. The molecule has 12 heteroatoms. The second kappa shape index (κ2) is 14.5. The lowest BCUT2D eigenvalue weighted by Crippen LogP contribution is -2.49. The molecule has 242 valence electrons. The summed E-state index contributed by atoms with van der Waals surface area (Å²) in [6, 6.07) is 22.3. The minimum Gasteiger partial charge on any atom is -0.455 e. The van der Waals surface area contributed by atoms with E-state index in [1.807, 2.05) is 60.7 Å². The fourth-order valence-electron chi connectivity index (χ4n) is 5.78. The molecule has 0 radical (unpaired) electrons. The first-order chi connectivity index (χ1) is 22.2. The van der Waals surface area contributed by atoms with Crippen LogP contribution < -0.4 is 5.73 Å². The lowest BCUT2D eigenvalue weighted by Gasteiger charge is -2.31. The Kier molecular flexibility index (Phi) is 10.5. The number of carbonyl (C=O) groups excluding carboxylic acids is 1. The highest BCUT2D eigenvalue weighted by molar-refractivity contribution is 6.87. The number of nitrogens with zero attached hydrogens (tertiary/aromatic N) is 4. The molecule has 0 spiro atoms. The van der Waals surface area contributed by atoms with E-state index in [1.165, 1.54) is 17.8 Å². The van der Waals surface area contributed by atoms with Crippen LogP contribution >= 0.6 is 0 Å². The van der Waals surface area contributed by atoms with Crippen molar-refractivity contribution in [3.63, 3.8) is 0 Å². The van der Waals surface area contributed by atoms with Crippen molar-refractivity contribution >= 4 is 31.0 Å². The zero-order valence-electron chi connectivity index (χ0n) is 26.6. The van der Waals surface area contributed by atoms with E-state index >= 15 is 0 Å². The molecule has 3 heterocycles. The van der Waals surface area contributed by atoms with Crippen LogP contribution in [0.1, 0.15) is 45.0 Å². The minimum absolute atomic E-state index is 0.00233. The molecule has 1 saturated heterocycles. The largest absolute Gasteiger partial charge is 0.455 e. The minimum atomic E-state index is -2.02. The number of hydrogen-bond donors (Lipinski definition) is 1. The van der Waals surface area contributed by atoms with Crippen LogP contribution in [-0.2, 0) is 37.0 Å². The van der Waals surface area contributed by atoms with Crippen LogP contribution in [0.3, 0.4) is 0 Å². The number of fused-ring (bicyclic) bond motifs is 1. The van der Waals surface area contributed by atoms with Crippen molar-refractivity contribution in [3.8, 4) is 11.5 Å². The Morgan fingerprint density at radius 2 is 1.65 bits per heavy atom. The number of benzene rings is 2. The van der Waals surface area contributed by atoms with Crippen LogP contribution in [0.5, 0.6) is 0 Å². The number of esters is 1. The van der Waals surface area contributed by atoms with Crippen molar-refractivity contribution in [1.82, 2.24) is 19.5 Å². The number of halogens is 1. The van der Waals surface area contributed by atoms with Crippen molar-refractivity contribution < 1.29 is 28.1 Å². The van der Waals surface area contributed by atoms with Crippen LogP contribution in [0.2, 0.25) is 18.1 Å². The van der Waals surface area contributed by atoms with Crippen molar-refractivity contribution in [2.24, 2.45) is 0 Å². The van der Waals surface area contributed by atoms with Crippen molar-refractivity contribution in [3.05, 3.63) is 84.2 Å². The molecular formula is C34H40FN5O5Si. The van der Waals surface area contributed by atoms with Crippen LogP contribution in [0, 0.1) is 17.5 Å². The average Bonchev–Trinajstić information content (AvgIpc) is 3.61. The lowest BCUT2D eigenvalue weighted by atomic mass is 9.96. The molecule has 0 aliphatic carbocycles. The molecule has 2 aromatic carbocycles. The van der Waals surface area contributed by atoms with Gasteiger partial charge in [0.05, 0.1) is 26.1 Å². The first kappa shape index (κ1) is 33.2. The van der Waals surface area contributed by atoms with Gasteiger partial charge in [0.15, 0.2) is 34.9 Å². The summed E-state index contributed by atoms with van der Waals surface area (Å²) < 4.78 is 41.8. The molecule has 4 aromatic rings. The van der Waals surface area contributed by atoms with Gasteiger partial charge in [-0.25, -0.2) is 4.98 Å². The fraction of sp³-hybridized carbons (Fsp3) is 0.412. The molecule has 46 heavy (non-hydrogen) atoms. The van der Waals surface area contributed by atoms with Gasteiger partial charge in [0, 0.05) is 6.92 Å². The van der Waals surface area contributed by atoms with Crippen molar-refractivity contribution in [1.29, 1.82) is 0 Å². The highest BCUT2D eigenvalue weighted by Crippen LogP contribution is 2.43. The zero-order valence-corrected chi connectivity index (χ0v) is 27.6. The number of imidazole rings is 1. The number of rotatable bonds is 12. The van der Waals surface area contributed by atoms with Crippen LogP contribution in [-0.4, -0.2) is 58.0 Å². The third-order valence-corrected chi connectivity index (χ3v) is 13.4. The molecule has 2 N–H and O–H groups in total. The maximum Gasteiger partial charge on any atom is 0.312 e.